The Kier molecular flexibility index (Phi) is 8.71. The molecule has 5 nitrogen and oxygen atoms in total. The molecule has 0 unspecified atom stereocenters. The summed E-state index contributed by atoms with van der Waals surface area (Å²) in [5.74, 6) is 0.256. The van der Waals surface area contributed by atoms with Crippen molar-refractivity contribution in [1.29, 1.82) is 0 Å². The summed E-state index contributed by atoms with van der Waals surface area (Å²) in [5, 5.41) is 9.06. The van der Waals surface area contributed by atoms with Crippen LogP contribution in [0.3, 0.4) is 0 Å². The molecule has 1 N–H and O–H groups in total. The van der Waals surface area contributed by atoms with Gasteiger partial charge in [0.05, 0.1) is 6.61 Å². The van der Waals surface area contributed by atoms with Crippen LogP contribution < -0.4 is 10.00 Å². The SMILES string of the molecule is CCOC(=O)[n+]1nc(C(C)C)sc1Nc1ccccc1.[Cl][Sb-]([Cl])([Cl])([Cl])([Cl])[Cl]. The maximum atomic E-state index is 11.9. The van der Waals surface area contributed by atoms with Crippen molar-refractivity contribution in [2.75, 3.05) is 11.9 Å². The molecule has 0 aliphatic heterocycles. The number of nitrogens with one attached hydrogen (secondary N) is 1. The molecule has 2 rings (SSSR count). The first-order valence-electron chi connectivity index (χ1n) is 7.55. The molecule has 0 fully saturated rings. The van der Waals surface area contributed by atoms with Crippen LogP contribution in [0.15, 0.2) is 30.3 Å². The standard InChI is InChI=1S/C14H17N3O2S.6ClH.Sb/c1-4-19-14(18)17-13(20-12(16-17)10(2)3)15-11-8-6-5-7-9-11;;;;;;;/h5-10H,4H2,1-3H3;6*1H;/q;;;;;;;+5/p-5. The molecule has 0 saturated carbocycles. The number of carbonyl (C=O) groups excluding carboxylic acids is 1. The number of halogens is 6. The molecule has 0 radical (unpaired) electrons. The topological polar surface area (TPSA) is 55.1 Å². The van der Waals surface area contributed by atoms with E-state index in [0.29, 0.717) is 11.7 Å². The normalized spacial score (nSPS) is 13.9. The van der Waals surface area contributed by atoms with Crippen molar-refractivity contribution in [1.82, 2.24) is 5.10 Å². The number of ether oxygens (including phenoxy) is 1. The first-order valence-corrected chi connectivity index (χ1v) is 27.8. The second kappa shape index (κ2) is 9.18. The predicted octanol–water partition coefficient (Wildman–Crippen LogP) is 7.06. The third-order valence-electron chi connectivity index (χ3n) is 2.55. The summed E-state index contributed by atoms with van der Waals surface area (Å²) < 4.78 is 6.32. The van der Waals surface area contributed by atoms with Crippen molar-refractivity contribution in [2.24, 2.45) is 0 Å². The fourth-order valence-electron chi connectivity index (χ4n) is 1.57. The Labute approximate surface area is 181 Å². The minimum atomic E-state index is -5.42. The van der Waals surface area contributed by atoms with Gasteiger partial charge >= 0.3 is 73.3 Å². The Morgan fingerprint density at radius 1 is 1.19 bits per heavy atom. The minimum absolute atomic E-state index is 0.256. The van der Waals surface area contributed by atoms with Gasteiger partial charge in [0, 0.05) is 5.92 Å². The molecule has 1 aromatic heterocycles. The number of anilines is 2. The molecule has 27 heavy (non-hydrogen) atoms. The zero-order chi connectivity index (χ0) is 20.9. The van der Waals surface area contributed by atoms with E-state index in [2.05, 4.69) is 10.4 Å². The quantitative estimate of drug-likeness (QED) is 0.292. The van der Waals surface area contributed by atoms with Crippen LogP contribution >= 0.6 is 64.3 Å². The Morgan fingerprint density at radius 3 is 2.15 bits per heavy atom. The summed E-state index contributed by atoms with van der Waals surface area (Å²) in [6.07, 6.45) is -0.464. The molecular weight excluding hydrogens is 609 g/mol. The third kappa shape index (κ3) is 12.7. The number of rotatable bonds is 4. The fraction of sp³-hybridized carbons (Fsp3) is 0.357. The van der Waals surface area contributed by atoms with E-state index < -0.39 is 15.2 Å². The second-order valence-corrected chi connectivity index (χ2v) is 63.4. The number of benzene rings is 1. The van der Waals surface area contributed by atoms with E-state index in [1.165, 1.54) is 16.0 Å². The number of para-hydroxylation sites is 1. The monoisotopic (exact) mass is 623 g/mol. The van der Waals surface area contributed by atoms with Gasteiger partial charge in [0.2, 0.25) is 0 Å². The molecular formula is C14H18Cl6N3O2SSb. The van der Waals surface area contributed by atoms with E-state index in [1.807, 2.05) is 44.2 Å². The van der Waals surface area contributed by atoms with Crippen LogP contribution in [0.5, 0.6) is 0 Å². The summed E-state index contributed by atoms with van der Waals surface area (Å²) in [6, 6.07) is 9.67. The van der Waals surface area contributed by atoms with E-state index in [0.717, 1.165) is 10.7 Å². The zero-order valence-corrected chi connectivity index (χ0v) is 22.4. The number of nitrogens with zero attached hydrogens (tertiary/aromatic N) is 2. The second-order valence-electron chi connectivity index (χ2n) is 5.46. The van der Waals surface area contributed by atoms with E-state index >= 15 is 0 Å². The van der Waals surface area contributed by atoms with Gasteiger partial charge in [0.15, 0.2) is 0 Å². The summed E-state index contributed by atoms with van der Waals surface area (Å²) in [7, 11) is 25.0. The van der Waals surface area contributed by atoms with E-state index in [1.54, 1.807) is 6.92 Å². The van der Waals surface area contributed by atoms with Gasteiger partial charge in [-0.2, -0.15) is 4.79 Å². The molecule has 154 valence electrons. The molecule has 0 amide bonds. The van der Waals surface area contributed by atoms with Crippen LogP contribution in [-0.4, -0.2) is 26.9 Å². The Balaban J connectivity index is 0.000000445. The molecule has 0 aliphatic carbocycles. The van der Waals surface area contributed by atoms with Gasteiger partial charge in [0.25, 0.3) is 0 Å². The molecule has 0 bridgehead atoms. The maximum absolute atomic E-state index is 11.9. The first-order chi connectivity index (χ1) is 12.1. The Morgan fingerprint density at radius 2 is 1.70 bits per heavy atom. The number of hydrogen-bond donors (Lipinski definition) is 1. The summed E-state index contributed by atoms with van der Waals surface area (Å²) in [4.78, 5) is 11.9. The van der Waals surface area contributed by atoms with Crippen LogP contribution in [0.2, 0.25) is 0 Å². The van der Waals surface area contributed by atoms with Crippen LogP contribution in [0, 0.1) is 0 Å². The first kappa shape index (κ1) is 25.6. The van der Waals surface area contributed by atoms with Crippen molar-refractivity contribution in [3.8, 4) is 0 Å². The Bertz CT molecular complexity index is 770. The van der Waals surface area contributed by atoms with Crippen LogP contribution in [-0.2, 0) is 4.74 Å². The van der Waals surface area contributed by atoms with Gasteiger partial charge in [-0.3, -0.25) is 0 Å². The number of aromatic nitrogens is 2. The molecule has 0 aliphatic rings. The van der Waals surface area contributed by atoms with Gasteiger partial charge in [-0.05, 0) is 35.1 Å². The van der Waals surface area contributed by atoms with Crippen molar-refractivity contribution in [3.63, 3.8) is 0 Å². The van der Waals surface area contributed by atoms with Crippen molar-refractivity contribution in [3.05, 3.63) is 35.3 Å². The van der Waals surface area contributed by atoms with E-state index in [-0.39, 0.29) is 5.92 Å². The van der Waals surface area contributed by atoms with Gasteiger partial charge in [-0.25, -0.2) is 5.32 Å². The molecule has 2 aromatic rings. The van der Waals surface area contributed by atoms with Crippen molar-refractivity contribution in [2.45, 2.75) is 26.7 Å². The van der Waals surface area contributed by atoms with E-state index in [4.69, 9.17) is 57.7 Å². The fourth-order valence-corrected chi connectivity index (χ4v) is 2.50. The molecule has 0 atom stereocenters. The van der Waals surface area contributed by atoms with Crippen LogP contribution in [0.4, 0.5) is 15.6 Å². The average Bonchev–Trinajstić information content (AvgIpc) is 2.89. The van der Waals surface area contributed by atoms with E-state index in [9.17, 15) is 4.79 Å². The van der Waals surface area contributed by atoms with Crippen molar-refractivity contribution >= 4 is 90.4 Å². The molecule has 1 aromatic carbocycles. The third-order valence-corrected chi connectivity index (χ3v) is 3.78. The molecule has 0 saturated heterocycles. The Hall–Kier alpha value is 0.608. The average molecular weight is 627 g/mol. The summed E-state index contributed by atoms with van der Waals surface area (Å²) in [5.41, 5.74) is 0.907. The molecule has 1 heterocycles. The van der Waals surface area contributed by atoms with Gasteiger partial charge in [-0.15, -0.1) is 0 Å². The molecule has 13 heteroatoms. The summed E-state index contributed by atoms with van der Waals surface area (Å²) in [6.45, 7) is 6.19. The number of carbonyl (C=O) groups is 1. The zero-order valence-electron chi connectivity index (χ0n) is 14.5. The predicted molar refractivity (Wildman–Crippen MR) is 119 cm³/mol. The van der Waals surface area contributed by atoms with Crippen LogP contribution in [0.1, 0.15) is 31.7 Å². The van der Waals surface area contributed by atoms with Gasteiger partial charge < -0.3 is 4.74 Å². The van der Waals surface area contributed by atoms with Crippen molar-refractivity contribution < 1.29 is 14.2 Å². The molecule has 0 spiro atoms. The number of hydrogen-bond acceptors (Lipinski definition) is 5. The van der Waals surface area contributed by atoms with Crippen LogP contribution in [0.25, 0.3) is 0 Å². The van der Waals surface area contributed by atoms with Gasteiger partial charge in [-0.1, -0.05) is 37.1 Å². The summed E-state index contributed by atoms with van der Waals surface area (Å²) >= 11 is 1.46. The van der Waals surface area contributed by atoms with Gasteiger partial charge in [0.1, 0.15) is 10.7 Å².